The number of hydrogen-bond donors (Lipinski definition) is 1. The summed E-state index contributed by atoms with van der Waals surface area (Å²) in [6.07, 6.45) is 1.46. The molecular weight excluding hydrogens is 256 g/mol. The highest BCUT2D eigenvalue weighted by molar-refractivity contribution is 5.37. The van der Waals surface area contributed by atoms with Crippen LogP contribution in [-0.4, -0.2) is 22.9 Å². The maximum absolute atomic E-state index is 11.9. The van der Waals surface area contributed by atoms with Gasteiger partial charge in [-0.05, 0) is 11.6 Å². The Balaban J connectivity index is 2.22. The lowest BCUT2D eigenvalue weighted by atomic mass is 10.1. The Morgan fingerprint density at radius 1 is 1.40 bits per heavy atom. The van der Waals surface area contributed by atoms with Crippen LogP contribution in [0.3, 0.4) is 0 Å². The molecule has 0 radical (unpaired) electrons. The fourth-order valence-corrected chi connectivity index (χ4v) is 1.72. The average Bonchev–Trinajstić information content (AvgIpc) is 2.48. The zero-order valence-corrected chi connectivity index (χ0v) is 10.8. The van der Waals surface area contributed by atoms with Gasteiger partial charge in [0, 0.05) is 12.6 Å². The van der Waals surface area contributed by atoms with Gasteiger partial charge in [-0.2, -0.15) is 10.4 Å². The van der Waals surface area contributed by atoms with E-state index in [4.69, 9.17) is 15.7 Å². The molecule has 0 fully saturated rings. The fraction of sp³-hybridized carbons (Fsp3) is 0.214. The first-order chi connectivity index (χ1) is 9.74. The standard InChI is InChI=1S/C14H14N4O2/c15-5-6-20-13-7-14(19)18(17-9-13)10-12-4-2-1-3-11(12)8-16/h1-4,7,9H,5-6,10,15H2. The molecule has 0 bridgehead atoms. The van der Waals surface area contributed by atoms with Crippen LogP contribution in [0.4, 0.5) is 0 Å². The van der Waals surface area contributed by atoms with E-state index in [0.29, 0.717) is 24.5 Å². The molecule has 6 heteroatoms. The van der Waals surface area contributed by atoms with Crippen molar-refractivity contribution in [2.24, 2.45) is 5.73 Å². The van der Waals surface area contributed by atoms with E-state index in [2.05, 4.69) is 11.2 Å². The van der Waals surface area contributed by atoms with Crippen LogP contribution in [0.15, 0.2) is 41.3 Å². The van der Waals surface area contributed by atoms with Crippen molar-refractivity contribution >= 4 is 0 Å². The molecule has 0 unspecified atom stereocenters. The lowest BCUT2D eigenvalue weighted by molar-refractivity contribution is 0.324. The first kappa shape index (κ1) is 13.8. The van der Waals surface area contributed by atoms with Gasteiger partial charge in [0.15, 0.2) is 0 Å². The summed E-state index contributed by atoms with van der Waals surface area (Å²) in [4.78, 5) is 11.9. The number of rotatable bonds is 5. The van der Waals surface area contributed by atoms with Gasteiger partial charge in [0.05, 0.1) is 24.4 Å². The van der Waals surface area contributed by atoms with Crippen molar-refractivity contribution in [3.8, 4) is 11.8 Å². The number of ether oxygens (including phenoxy) is 1. The zero-order valence-electron chi connectivity index (χ0n) is 10.8. The molecule has 0 saturated carbocycles. The normalized spacial score (nSPS) is 10.0. The number of nitriles is 1. The Kier molecular flexibility index (Phi) is 4.47. The second kappa shape index (κ2) is 6.50. The Bertz CT molecular complexity index is 688. The molecule has 0 aliphatic rings. The molecule has 0 aliphatic heterocycles. The molecule has 1 aromatic heterocycles. The summed E-state index contributed by atoms with van der Waals surface area (Å²) in [5.74, 6) is 0.394. The van der Waals surface area contributed by atoms with Crippen molar-refractivity contribution in [2.75, 3.05) is 13.2 Å². The highest BCUT2D eigenvalue weighted by Crippen LogP contribution is 2.09. The molecule has 20 heavy (non-hydrogen) atoms. The predicted octanol–water partition coefficient (Wildman–Crippen LogP) is 0.501. The zero-order chi connectivity index (χ0) is 14.4. The summed E-state index contributed by atoms with van der Waals surface area (Å²) in [7, 11) is 0. The Morgan fingerprint density at radius 2 is 2.20 bits per heavy atom. The third kappa shape index (κ3) is 3.22. The molecule has 6 nitrogen and oxygen atoms in total. The molecule has 1 heterocycles. The van der Waals surface area contributed by atoms with E-state index in [1.807, 2.05) is 6.07 Å². The van der Waals surface area contributed by atoms with Crippen molar-refractivity contribution in [3.63, 3.8) is 0 Å². The number of nitrogens with zero attached hydrogens (tertiary/aromatic N) is 3. The minimum Gasteiger partial charge on any atom is -0.490 e. The number of nitrogens with two attached hydrogens (primary N) is 1. The number of benzene rings is 1. The molecule has 0 spiro atoms. The summed E-state index contributed by atoms with van der Waals surface area (Å²) in [6, 6.07) is 10.6. The van der Waals surface area contributed by atoms with Gasteiger partial charge >= 0.3 is 0 Å². The molecule has 0 aliphatic carbocycles. The van der Waals surface area contributed by atoms with Crippen LogP contribution in [-0.2, 0) is 6.54 Å². The van der Waals surface area contributed by atoms with Crippen molar-refractivity contribution in [2.45, 2.75) is 6.54 Å². The maximum Gasteiger partial charge on any atom is 0.270 e. The highest BCUT2D eigenvalue weighted by Gasteiger charge is 2.05. The van der Waals surface area contributed by atoms with Gasteiger partial charge < -0.3 is 10.5 Å². The first-order valence-corrected chi connectivity index (χ1v) is 6.12. The molecule has 2 rings (SSSR count). The van der Waals surface area contributed by atoms with Gasteiger partial charge in [-0.3, -0.25) is 4.79 Å². The smallest absolute Gasteiger partial charge is 0.270 e. The average molecular weight is 270 g/mol. The fourth-order valence-electron chi connectivity index (χ4n) is 1.72. The minimum absolute atomic E-state index is 0.250. The summed E-state index contributed by atoms with van der Waals surface area (Å²) in [5.41, 5.74) is 6.32. The second-order valence-electron chi connectivity index (χ2n) is 4.09. The Morgan fingerprint density at radius 3 is 2.90 bits per heavy atom. The molecule has 2 N–H and O–H groups in total. The molecule has 2 aromatic rings. The maximum atomic E-state index is 11.9. The monoisotopic (exact) mass is 270 g/mol. The van der Waals surface area contributed by atoms with Crippen molar-refractivity contribution in [1.29, 1.82) is 5.26 Å². The van der Waals surface area contributed by atoms with Gasteiger partial charge in [-0.25, -0.2) is 4.68 Å². The van der Waals surface area contributed by atoms with E-state index in [-0.39, 0.29) is 12.1 Å². The van der Waals surface area contributed by atoms with E-state index in [0.717, 1.165) is 5.56 Å². The van der Waals surface area contributed by atoms with Gasteiger partial charge in [-0.15, -0.1) is 0 Å². The lowest BCUT2D eigenvalue weighted by Crippen LogP contribution is -2.23. The van der Waals surface area contributed by atoms with E-state index in [1.54, 1.807) is 18.2 Å². The van der Waals surface area contributed by atoms with Crippen LogP contribution in [0.1, 0.15) is 11.1 Å². The van der Waals surface area contributed by atoms with Crippen LogP contribution in [0.25, 0.3) is 0 Å². The highest BCUT2D eigenvalue weighted by atomic mass is 16.5. The van der Waals surface area contributed by atoms with Gasteiger partial charge in [-0.1, -0.05) is 18.2 Å². The molecule has 0 amide bonds. The van der Waals surface area contributed by atoms with E-state index < -0.39 is 0 Å². The van der Waals surface area contributed by atoms with E-state index in [1.165, 1.54) is 16.9 Å². The van der Waals surface area contributed by atoms with Crippen molar-refractivity contribution in [1.82, 2.24) is 9.78 Å². The first-order valence-electron chi connectivity index (χ1n) is 6.12. The molecule has 102 valence electrons. The van der Waals surface area contributed by atoms with Gasteiger partial charge in [0.2, 0.25) is 0 Å². The largest absolute Gasteiger partial charge is 0.490 e. The third-order valence-corrected chi connectivity index (χ3v) is 2.69. The number of aromatic nitrogens is 2. The van der Waals surface area contributed by atoms with E-state index in [9.17, 15) is 4.79 Å². The van der Waals surface area contributed by atoms with Crippen LogP contribution in [0, 0.1) is 11.3 Å². The molecule has 0 saturated heterocycles. The van der Waals surface area contributed by atoms with Crippen molar-refractivity contribution in [3.05, 3.63) is 58.0 Å². The van der Waals surface area contributed by atoms with Crippen molar-refractivity contribution < 1.29 is 4.74 Å². The van der Waals surface area contributed by atoms with Gasteiger partial charge in [0.25, 0.3) is 5.56 Å². The number of hydrogen-bond acceptors (Lipinski definition) is 5. The quantitative estimate of drug-likeness (QED) is 0.853. The summed E-state index contributed by atoms with van der Waals surface area (Å²) >= 11 is 0. The van der Waals surface area contributed by atoms with Crippen LogP contribution >= 0.6 is 0 Å². The van der Waals surface area contributed by atoms with E-state index >= 15 is 0 Å². The van der Waals surface area contributed by atoms with Crippen LogP contribution in [0.2, 0.25) is 0 Å². The third-order valence-electron chi connectivity index (χ3n) is 2.69. The lowest BCUT2D eigenvalue weighted by Gasteiger charge is -2.08. The Labute approximate surface area is 116 Å². The summed E-state index contributed by atoms with van der Waals surface area (Å²) < 4.78 is 6.52. The Hall–Kier alpha value is -2.65. The van der Waals surface area contributed by atoms with Crippen LogP contribution in [0.5, 0.6) is 5.75 Å². The SMILES string of the molecule is N#Cc1ccccc1Cn1ncc(OCCN)cc1=O. The molecular formula is C14H14N4O2. The summed E-state index contributed by atoms with van der Waals surface area (Å²) in [6.45, 7) is 0.959. The summed E-state index contributed by atoms with van der Waals surface area (Å²) in [5, 5.41) is 13.0. The van der Waals surface area contributed by atoms with Gasteiger partial charge in [0.1, 0.15) is 12.4 Å². The predicted molar refractivity (Wildman–Crippen MR) is 73.3 cm³/mol. The topological polar surface area (TPSA) is 93.9 Å². The molecule has 0 atom stereocenters. The molecule has 1 aromatic carbocycles. The minimum atomic E-state index is -0.285. The van der Waals surface area contributed by atoms with Crippen LogP contribution < -0.4 is 16.0 Å². The second-order valence-corrected chi connectivity index (χ2v) is 4.09.